The lowest BCUT2D eigenvalue weighted by Gasteiger charge is -2.07. The molecule has 1 fully saturated rings. The van der Waals surface area contributed by atoms with E-state index >= 15 is 0 Å². The smallest absolute Gasteiger partial charge is 0.0616 e. The van der Waals surface area contributed by atoms with Crippen molar-refractivity contribution in [1.29, 1.82) is 0 Å². The molecule has 1 heterocycles. The molecule has 3 nitrogen and oxygen atoms in total. The Balaban J connectivity index is 2.15. The van der Waals surface area contributed by atoms with E-state index < -0.39 is 0 Å². The number of nitrogens with one attached hydrogen (secondary N) is 2. The second kappa shape index (κ2) is 3.91. The van der Waals surface area contributed by atoms with E-state index in [4.69, 9.17) is 4.74 Å². The SMILES string of the molecule is CN[C@@H]1CN[C@H](COC)C1. The molecular weight excluding hydrogens is 128 g/mol. The first-order chi connectivity index (χ1) is 4.86. The average molecular weight is 144 g/mol. The van der Waals surface area contributed by atoms with Crippen molar-refractivity contribution in [1.82, 2.24) is 10.6 Å². The molecule has 2 N–H and O–H groups in total. The maximum atomic E-state index is 5.03. The van der Waals surface area contributed by atoms with Gasteiger partial charge < -0.3 is 15.4 Å². The summed E-state index contributed by atoms with van der Waals surface area (Å²) in [6.45, 7) is 1.91. The van der Waals surface area contributed by atoms with Crippen molar-refractivity contribution in [2.75, 3.05) is 27.3 Å². The first-order valence-electron chi connectivity index (χ1n) is 3.76. The highest BCUT2D eigenvalue weighted by Crippen LogP contribution is 2.05. The molecule has 0 radical (unpaired) electrons. The van der Waals surface area contributed by atoms with Gasteiger partial charge in [0, 0.05) is 25.7 Å². The van der Waals surface area contributed by atoms with Crippen LogP contribution < -0.4 is 10.6 Å². The lowest BCUT2D eigenvalue weighted by molar-refractivity contribution is 0.173. The topological polar surface area (TPSA) is 33.3 Å². The lowest BCUT2D eigenvalue weighted by Crippen LogP contribution is -2.27. The average Bonchev–Trinajstić information content (AvgIpc) is 2.37. The second-order valence-electron chi connectivity index (χ2n) is 2.78. The summed E-state index contributed by atoms with van der Waals surface area (Å²) in [4.78, 5) is 0. The van der Waals surface area contributed by atoms with E-state index in [0.717, 1.165) is 13.2 Å². The van der Waals surface area contributed by atoms with Crippen molar-refractivity contribution in [2.45, 2.75) is 18.5 Å². The van der Waals surface area contributed by atoms with Gasteiger partial charge in [0.05, 0.1) is 6.61 Å². The van der Waals surface area contributed by atoms with Crippen LogP contribution in [0.2, 0.25) is 0 Å². The molecule has 1 aliphatic rings. The van der Waals surface area contributed by atoms with Gasteiger partial charge in [-0.25, -0.2) is 0 Å². The quantitative estimate of drug-likeness (QED) is 0.564. The molecule has 0 unspecified atom stereocenters. The first-order valence-corrected chi connectivity index (χ1v) is 3.76. The van der Waals surface area contributed by atoms with Gasteiger partial charge >= 0.3 is 0 Å². The third-order valence-electron chi connectivity index (χ3n) is 2.00. The van der Waals surface area contributed by atoms with Crippen LogP contribution in [0, 0.1) is 0 Å². The van der Waals surface area contributed by atoms with Crippen molar-refractivity contribution in [3.8, 4) is 0 Å². The third-order valence-corrected chi connectivity index (χ3v) is 2.00. The van der Waals surface area contributed by atoms with Gasteiger partial charge in [-0.3, -0.25) is 0 Å². The van der Waals surface area contributed by atoms with Crippen molar-refractivity contribution in [2.24, 2.45) is 0 Å². The van der Waals surface area contributed by atoms with Crippen LogP contribution in [0.5, 0.6) is 0 Å². The molecule has 1 rings (SSSR count). The van der Waals surface area contributed by atoms with E-state index in [1.807, 2.05) is 7.05 Å². The maximum Gasteiger partial charge on any atom is 0.0616 e. The number of ether oxygens (including phenoxy) is 1. The number of rotatable bonds is 3. The molecule has 0 aromatic heterocycles. The van der Waals surface area contributed by atoms with Crippen LogP contribution in [-0.4, -0.2) is 39.4 Å². The Bertz CT molecular complexity index is 97.6. The minimum atomic E-state index is 0.558. The highest BCUT2D eigenvalue weighted by atomic mass is 16.5. The predicted octanol–water partition coefficient (Wildman–Crippen LogP) is -0.417. The normalized spacial score (nSPS) is 33.0. The lowest BCUT2D eigenvalue weighted by atomic mass is 10.2. The Hall–Kier alpha value is -0.120. The number of methoxy groups -OCH3 is 1. The zero-order valence-corrected chi connectivity index (χ0v) is 6.68. The fraction of sp³-hybridized carbons (Fsp3) is 1.00. The molecule has 3 heteroatoms. The van der Waals surface area contributed by atoms with Crippen LogP contribution >= 0.6 is 0 Å². The molecule has 1 aliphatic heterocycles. The monoisotopic (exact) mass is 144 g/mol. The van der Waals surface area contributed by atoms with E-state index in [2.05, 4.69) is 10.6 Å². The zero-order chi connectivity index (χ0) is 7.40. The Morgan fingerprint density at radius 1 is 1.70 bits per heavy atom. The van der Waals surface area contributed by atoms with E-state index in [9.17, 15) is 0 Å². The highest BCUT2D eigenvalue weighted by molar-refractivity contribution is 4.84. The number of hydrogen-bond donors (Lipinski definition) is 2. The standard InChI is InChI=1S/C7H16N2O/c1-8-6-3-7(5-10-2)9-4-6/h6-9H,3-5H2,1-2H3/t6-,7-/m0/s1. The molecule has 0 aliphatic carbocycles. The molecule has 0 aromatic carbocycles. The molecule has 0 spiro atoms. The van der Waals surface area contributed by atoms with E-state index in [1.165, 1.54) is 6.42 Å². The fourth-order valence-electron chi connectivity index (χ4n) is 1.37. The number of likely N-dealkylation sites (N-methyl/N-ethyl adjacent to an activating group) is 1. The largest absolute Gasteiger partial charge is 0.383 e. The number of hydrogen-bond acceptors (Lipinski definition) is 3. The van der Waals surface area contributed by atoms with Crippen LogP contribution in [0.25, 0.3) is 0 Å². The Kier molecular flexibility index (Phi) is 3.12. The van der Waals surface area contributed by atoms with Gasteiger partial charge in [0.15, 0.2) is 0 Å². The van der Waals surface area contributed by atoms with Crippen molar-refractivity contribution in [3.63, 3.8) is 0 Å². The Labute approximate surface area is 62.1 Å². The minimum Gasteiger partial charge on any atom is -0.383 e. The van der Waals surface area contributed by atoms with Gasteiger partial charge in [0.1, 0.15) is 0 Å². The summed E-state index contributed by atoms with van der Waals surface area (Å²) >= 11 is 0. The molecule has 0 saturated carbocycles. The Morgan fingerprint density at radius 2 is 2.50 bits per heavy atom. The van der Waals surface area contributed by atoms with Crippen molar-refractivity contribution >= 4 is 0 Å². The molecule has 1 saturated heterocycles. The van der Waals surface area contributed by atoms with Gasteiger partial charge in [-0.15, -0.1) is 0 Å². The second-order valence-corrected chi connectivity index (χ2v) is 2.78. The zero-order valence-electron chi connectivity index (χ0n) is 6.68. The minimum absolute atomic E-state index is 0.558. The molecule has 60 valence electrons. The van der Waals surface area contributed by atoms with Crippen molar-refractivity contribution < 1.29 is 4.74 Å². The van der Waals surface area contributed by atoms with Gasteiger partial charge in [-0.2, -0.15) is 0 Å². The van der Waals surface area contributed by atoms with Crippen LogP contribution in [0.15, 0.2) is 0 Å². The summed E-state index contributed by atoms with van der Waals surface area (Å²) in [6, 6.07) is 1.20. The molecule has 0 amide bonds. The molecular formula is C7H16N2O. The molecule has 10 heavy (non-hydrogen) atoms. The summed E-state index contributed by atoms with van der Waals surface area (Å²) in [7, 11) is 3.75. The van der Waals surface area contributed by atoms with Gasteiger partial charge in [0.2, 0.25) is 0 Å². The fourth-order valence-corrected chi connectivity index (χ4v) is 1.37. The summed E-state index contributed by atoms with van der Waals surface area (Å²) in [5, 5.41) is 6.61. The van der Waals surface area contributed by atoms with Crippen LogP contribution in [0.4, 0.5) is 0 Å². The van der Waals surface area contributed by atoms with Crippen LogP contribution in [0.1, 0.15) is 6.42 Å². The van der Waals surface area contributed by atoms with Gasteiger partial charge in [-0.05, 0) is 13.5 Å². The summed E-state index contributed by atoms with van der Waals surface area (Å²) in [5.41, 5.74) is 0. The highest BCUT2D eigenvalue weighted by Gasteiger charge is 2.21. The van der Waals surface area contributed by atoms with Crippen molar-refractivity contribution in [3.05, 3.63) is 0 Å². The summed E-state index contributed by atoms with van der Waals surface area (Å²) in [6.07, 6.45) is 1.18. The first kappa shape index (κ1) is 7.98. The summed E-state index contributed by atoms with van der Waals surface area (Å²) < 4.78 is 5.03. The summed E-state index contributed by atoms with van der Waals surface area (Å²) in [5.74, 6) is 0. The maximum absolute atomic E-state index is 5.03. The van der Waals surface area contributed by atoms with E-state index in [1.54, 1.807) is 7.11 Å². The van der Waals surface area contributed by atoms with Gasteiger partial charge in [0.25, 0.3) is 0 Å². The molecule has 0 aromatic rings. The molecule has 2 atom stereocenters. The van der Waals surface area contributed by atoms with E-state index in [0.29, 0.717) is 12.1 Å². The predicted molar refractivity (Wildman–Crippen MR) is 41.1 cm³/mol. The third kappa shape index (κ3) is 1.94. The molecule has 0 bridgehead atoms. The van der Waals surface area contributed by atoms with Crippen LogP contribution in [0.3, 0.4) is 0 Å². The van der Waals surface area contributed by atoms with Gasteiger partial charge in [-0.1, -0.05) is 0 Å². The van der Waals surface area contributed by atoms with Crippen LogP contribution in [-0.2, 0) is 4.74 Å². The Morgan fingerprint density at radius 3 is 3.00 bits per heavy atom. The van der Waals surface area contributed by atoms with E-state index in [-0.39, 0.29) is 0 Å².